The second kappa shape index (κ2) is 6.62. The fraction of sp³-hybridized carbons (Fsp3) is 0.294. The number of rotatable bonds is 2. The number of hydrogen-bond donors (Lipinski definition) is 1. The predicted octanol–water partition coefficient (Wildman–Crippen LogP) is 3.04. The van der Waals surface area contributed by atoms with Gasteiger partial charge in [-0.15, -0.1) is 0 Å². The summed E-state index contributed by atoms with van der Waals surface area (Å²) in [4.78, 5) is 18.7. The first-order valence-electron chi connectivity index (χ1n) is 7.76. The van der Waals surface area contributed by atoms with E-state index in [9.17, 15) is 18.0 Å². The molecule has 25 heavy (non-hydrogen) atoms. The summed E-state index contributed by atoms with van der Waals surface area (Å²) in [5.41, 5.74) is 5.48. The van der Waals surface area contributed by atoms with E-state index in [4.69, 9.17) is 5.73 Å². The van der Waals surface area contributed by atoms with E-state index in [0.29, 0.717) is 0 Å². The van der Waals surface area contributed by atoms with Crippen molar-refractivity contribution in [2.24, 2.45) is 5.73 Å². The number of aromatic nitrogens is 1. The minimum absolute atomic E-state index is 0.125. The molecular formula is C17H17F3N4O. The first-order valence-corrected chi connectivity index (χ1v) is 7.76. The van der Waals surface area contributed by atoms with Crippen molar-refractivity contribution in [2.45, 2.75) is 12.2 Å². The van der Waals surface area contributed by atoms with Crippen LogP contribution in [-0.2, 0) is 6.18 Å². The average Bonchev–Trinajstić information content (AvgIpc) is 2.61. The lowest BCUT2D eigenvalue weighted by molar-refractivity contribution is -0.137. The van der Waals surface area contributed by atoms with Gasteiger partial charge in [0.25, 0.3) is 0 Å². The summed E-state index contributed by atoms with van der Waals surface area (Å²) in [5, 5.41) is 0. The van der Waals surface area contributed by atoms with Crippen LogP contribution in [0.15, 0.2) is 48.7 Å². The molecule has 0 aliphatic carbocycles. The van der Waals surface area contributed by atoms with Gasteiger partial charge in [-0.1, -0.05) is 30.3 Å². The monoisotopic (exact) mass is 350 g/mol. The molecule has 2 heterocycles. The molecule has 8 heteroatoms. The number of primary amides is 1. The van der Waals surface area contributed by atoms with Crippen LogP contribution in [0.1, 0.15) is 17.2 Å². The maximum absolute atomic E-state index is 13.3. The van der Waals surface area contributed by atoms with Crippen LogP contribution in [0.25, 0.3) is 0 Å². The van der Waals surface area contributed by atoms with E-state index in [-0.39, 0.29) is 25.5 Å². The molecule has 1 saturated heterocycles. The highest BCUT2D eigenvalue weighted by Crippen LogP contribution is 2.37. The highest BCUT2D eigenvalue weighted by molar-refractivity contribution is 5.73. The molecule has 1 aromatic heterocycles. The number of alkyl halides is 3. The molecule has 3 rings (SSSR count). The zero-order valence-electron chi connectivity index (χ0n) is 13.3. The number of nitrogens with zero attached hydrogens (tertiary/aromatic N) is 3. The van der Waals surface area contributed by atoms with E-state index in [1.54, 1.807) is 4.90 Å². The third-order valence-corrected chi connectivity index (χ3v) is 4.24. The van der Waals surface area contributed by atoms with Crippen LogP contribution in [0.2, 0.25) is 0 Å². The van der Waals surface area contributed by atoms with E-state index in [0.717, 1.165) is 11.6 Å². The quantitative estimate of drug-likeness (QED) is 0.906. The van der Waals surface area contributed by atoms with E-state index in [1.165, 1.54) is 17.2 Å². The molecule has 1 aliphatic rings. The Kier molecular flexibility index (Phi) is 4.52. The van der Waals surface area contributed by atoms with E-state index in [2.05, 4.69) is 4.98 Å². The van der Waals surface area contributed by atoms with E-state index in [1.807, 2.05) is 30.3 Å². The number of piperazine rings is 1. The number of nitrogens with two attached hydrogens (primary N) is 1. The molecule has 2 amide bonds. The molecule has 0 saturated carbocycles. The van der Waals surface area contributed by atoms with E-state index >= 15 is 0 Å². The molecule has 0 spiro atoms. The predicted molar refractivity (Wildman–Crippen MR) is 86.9 cm³/mol. The van der Waals surface area contributed by atoms with Crippen LogP contribution >= 0.6 is 0 Å². The molecule has 2 N–H and O–H groups in total. The smallest absolute Gasteiger partial charge is 0.352 e. The number of amides is 2. The number of carbonyl (C=O) groups is 1. The number of hydrogen-bond acceptors (Lipinski definition) is 3. The fourth-order valence-electron chi connectivity index (χ4n) is 3.07. The van der Waals surface area contributed by atoms with Crippen LogP contribution in [0.5, 0.6) is 0 Å². The van der Waals surface area contributed by atoms with Crippen LogP contribution in [-0.4, -0.2) is 35.5 Å². The van der Waals surface area contributed by atoms with Crippen molar-refractivity contribution < 1.29 is 18.0 Å². The average molecular weight is 350 g/mol. The van der Waals surface area contributed by atoms with Crippen molar-refractivity contribution in [1.29, 1.82) is 0 Å². The Morgan fingerprint density at radius 1 is 1.12 bits per heavy atom. The summed E-state index contributed by atoms with van der Waals surface area (Å²) in [6.07, 6.45) is -3.16. The molecule has 132 valence electrons. The summed E-state index contributed by atoms with van der Waals surface area (Å²) >= 11 is 0. The van der Waals surface area contributed by atoms with Crippen molar-refractivity contribution in [2.75, 3.05) is 24.5 Å². The zero-order chi connectivity index (χ0) is 18.0. The summed E-state index contributed by atoms with van der Waals surface area (Å²) in [5.74, 6) is -0.125. The summed E-state index contributed by atoms with van der Waals surface area (Å²) in [6.45, 7) is 0.641. The Hall–Kier alpha value is -2.77. The van der Waals surface area contributed by atoms with Gasteiger partial charge < -0.3 is 15.5 Å². The van der Waals surface area contributed by atoms with Gasteiger partial charge >= 0.3 is 12.2 Å². The standard InChI is InChI=1S/C17H17F3N4O/c18-17(19,20)13-7-4-8-22-15(13)23-9-10-24(16(21)25)14(11-23)12-5-2-1-3-6-12/h1-8,14H,9-11H2,(H2,21,25). The van der Waals surface area contributed by atoms with Crippen LogP contribution < -0.4 is 10.6 Å². The van der Waals surface area contributed by atoms with Gasteiger partial charge in [0.15, 0.2) is 0 Å². The molecule has 1 fully saturated rings. The van der Waals surface area contributed by atoms with Gasteiger partial charge in [-0.3, -0.25) is 0 Å². The number of urea groups is 1. The van der Waals surface area contributed by atoms with Gasteiger partial charge in [0.05, 0.1) is 11.6 Å². The van der Waals surface area contributed by atoms with Crippen molar-refractivity contribution in [3.63, 3.8) is 0 Å². The second-order valence-corrected chi connectivity index (χ2v) is 5.78. The third-order valence-electron chi connectivity index (χ3n) is 4.24. The Morgan fingerprint density at radius 3 is 2.48 bits per heavy atom. The van der Waals surface area contributed by atoms with Gasteiger partial charge in [-0.2, -0.15) is 13.2 Å². The van der Waals surface area contributed by atoms with Crippen LogP contribution in [0.3, 0.4) is 0 Å². The van der Waals surface area contributed by atoms with Crippen molar-refractivity contribution in [3.8, 4) is 0 Å². The highest BCUT2D eigenvalue weighted by atomic mass is 19.4. The summed E-state index contributed by atoms with van der Waals surface area (Å²) in [7, 11) is 0. The van der Waals surface area contributed by atoms with Crippen molar-refractivity contribution in [1.82, 2.24) is 9.88 Å². The molecule has 0 radical (unpaired) electrons. The molecule has 5 nitrogen and oxygen atoms in total. The largest absolute Gasteiger partial charge is 0.419 e. The fourth-order valence-corrected chi connectivity index (χ4v) is 3.07. The van der Waals surface area contributed by atoms with Crippen LogP contribution in [0, 0.1) is 0 Å². The van der Waals surface area contributed by atoms with Gasteiger partial charge in [0, 0.05) is 25.8 Å². The summed E-state index contributed by atoms with van der Waals surface area (Å²) in [6, 6.07) is 10.4. The molecule has 1 atom stereocenters. The maximum atomic E-state index is 13.3. The second-order valence-electron chi connectivity index (χ2n) is 5.78. The minimum atomic E-state index is -4.49. The highest BCUT2D eigenvalue weighted by Gasteiger charge is 2.38. The molecular weight excluding hydrogens is 333 g/mol. The van der Waals surface area contributed by atoms with Gasteiger partial charge in [-0.25, -0.2) is 9.78 Å². The number of benzene rings is 1. The minimum Gasteiger partial charge on any atom is -0.352 e. The Bertz CT molecular complexity index is 751. The lowest BCUT2D eigenvalue weighted by Gasteiger charge is -2.41. The molecule has 2 aromatic rings. The lowest BCUT2D eigenvalue weighted by atomic mass is 10.0. The number of carbonyl (C=O) groups excluding carboxylic acids is 1. The first kappa shape index (κ1) is 17.1. The molecule has 1 aliphatic heterocycles. The molecule has 0 bridgehead atoms. The lowest BCUT2D eigenvalue weighted by Crippen LogP contribution is -2.52. The molecule has 1 aromatic carbocycles. The van der Waals surface area contributed by atoms with E-state index < -0.39 is 23.8 Å². The molecule has 1 unspecified atom stereocenters. The normalized spacial score (nSPS) is 18.3. The maximum Gasteiger partial charge on any atom is 0.419 e. The van der Waals surface area contributed by atoms with Gasteiger partial charge in [-0.05, 0) is 17.7 Å². The zero-order valence-corrected chi connectivity index (χ0v) is 13.3. The van der Waals surface area contributed by atoms with Gasteiger partial charge in [0.1, 0.15) is 5.82 Å². The van der Waals surface area contributed by atoms with Crippen molar-refractivity contribution in [3.05, 3.63) is 59.8 Å². The topological polar surface area (TPSA) is 62.5 Å². The number of anilines is 1. The Balaban J connectivity index is 1.95. The van der Waals surface area contributed by atoms with Crippen LogP contribution in [0.4, 0.5) is 23.8 Å². The first-order chi connectivity index (χ1) is 11.9. The van der Waals surface area contributed by atoms with Gasteiger partial charge in [0.2, 0.25) is 0 Å². The number of pyridine rings is 1. The summed E-state index contributed by atoms with van der Waals surface area (Å²) < 4.78 is 39.8. The Morgan fingerprint density at radius 2 is 1.84 bits per heavy atom. The SMILES string of the molecule is NC(=O)N1CCN(c2ncccc2C(F)(F)F)CC1c1ccccc1. The van der Waals surface area contributed by atoms with Crippen molar-refractivity contribution >= 4 is 11.8 Å². The Labute approximate surface area is 142 Å². The number of halogens is 3. The third kappa shape index (κ3) is 3.52.